The number of amides is 1. The maximum atomic E-state index is 12.9. The summed E-state index contributed by atoms with van der Waals surface area (Å²) in [5.41, 5.74) is 7.90. The summed E-state index contributed by atoms with van der Waals surface area (Å²) in [6.45, 7) is 6.22. The van der Waals surface area contributed by atoms with Crippen molar-refractivity contribution in [3.8, 4) is 0 Å². The molecule has 2 fully saturated rings. The number of nitrogens with one attached hydrogen (secondary N) is 1. The van der Waals surface area contributed by atoms with Crippen LogP contribution in [0.3, 0.4) is 0 Å². The summed E-state index contributed by atoms with van der Waals surface area (Å²) < 4.78 is 5.33. The summed E-state index contributed by atoms with van der Waals surface area (Å²) in [5.74, 6) is 0.940. The van der Waals surface area contributed by atoms with Crippen molar-refractivity contribution in [2.24, 2.45) is 17.6 Å². The van der Waals surface area contributed by atoms with Gasteiger partial charge >= 0.3 is 0 Å². The van der Waals surface area contributed by atoms with Crippen molar-refractivity contribution in [3.05, 3.63) is 23.5 Å². The molecule has 2 aliphatic carbocycles. The maximum Gasteiger partial charge on any atom is 0.257 e. The molecule has 2 bridgehead atoms. The molecular formula is C20H28N4O2. The normalized spacial score (nSPS) is 28.9. The minimum atomic E-state index is -0.168. The number of pyridine rings is 1. The van der Waals surface area contributed by atoms with Gasteiger partial charge in [0, 0.05) is 23.7 Å². The second kappa shape index (κ2) is 6.34. The van der Waals surface area contributed by atoms with Crippen molar-refractivity contribution in [1.29, 1.82) is 0 Å². The van der Waals surface area contributed by atoms with E-state index in [0.717, 1.165) is 36.8 Å². The molecular weight excluding hydrogens is 328 g/mol. The maximum absolute atomic E-state index is 12.9. The standard InChI is InChI=1S/C20H28N4O2/c1-20(2,3)17-15-9-13(10-22-19(15)26-24-17)18(25)23-16-11-5-4-6-12(16)8-14(21)7-11/h9-12,14,16H,4-8,21H2,1-3H3,(H,23,25). The third-order valence-corrected chi connectivity index (χ3v) is 5.98. The van der Waals surface area contributed by atoms with Gasteiger partial charge < -0.3 is 15.6 Å². The minimum absolute atomic E-state index is 0.0576. The van der Waals surface area contributed by atoms with E-state index in [1.54, 1.807) is 6.20 Å². The highest BCUT2D eigenvalue weighted by molar-refractivity contribution is 5.97. The summed E-state index contributed by atoms with van der Waals surface area (Å²) in [6, 6.07) is 2.37. The van der Waals surface area contributed by atoms with E-state index in [0.29, 0.717) is 23.1 Å². The molecule has 0 spiro atoms. The highest BCUT2D eigenvalue weighted by atomic mass is 16.5. The van der Waals surface area contributed by atoms with Gasteiger partial charge in [-0.05, 0) is 43.6 Å². The topological polar surface area (TPSA) is 94.0 Å². The second-order valence-electron chi connectivity index (χ2n) is 9.04. The van der Waals surface area contributed by atoms with E-state index in [9.17, 15) is 4.79 Å². The number of rotatable bonds is 2. The van der Waals surface area contributed by atoms with Crippen LogP contribution in [-0.4, -0.2) is 28.1 Å². The molecule has 1 amide bonds. The molecule has 4 rings (SSSR count). The van der Waals surface area contributed by atoms with Crippen molar-refractivity contribution in [1.82, 2.24) is 15.5 Å². The monoisotopic (exact) mass is 356 g/mol. The molecule has 2 atom stereocenters. The molecule has 0 aromatic carbocycles. The second-order valence-corrected chi connectivity index (χ2v) is 9.04. The van der Waals surface area contributed by atoms with Crippen LogP contribution < -0.4 is 11.1 Å². The Bertz CT molecular complexity index is 809. The smallest absolute Gasteiger partial charge is 0.257 e. The summed E-state index contributed by atoms with van der Waals surface area (Å²) in [6.07, 6.45) is 7.17. The van der Waals surface area contributed by atoms with Gasteiger partial charge in [0.15, 0.2) is 0 Å². The van der Waals surface area contributed by atoms with Gasteiger partial charge in [0.1, 0.15) is 0 Å². The van der Waals surface area contributed by atoms with Crippen LogP contribution in [0.4, 0.5) is 0 Å². The lowest BCUT2D eigenvalue weighted by atomic mass is 9.67. The van der Waals surface area contributed by atoms with Crippen molar-refractivity contribution in [2.75, 3.05) is 0 Å². The molecule has 6 nitrogen and oxygen atoms in total. The highest BCUT2D eigenvalue weighted by Gasteiger charge is 2.40. The molecule has 2 saturated carbocycles. The Balaban J connectivity index is 1.58. The molecule has 0 radical (unpaired) electrons. The van der Waals surface area contributed by atoms with Gasteiger partial charge in [-0.15, -0.1) is 0 Å². The van der Waals surface area contributed by atoms with Crippen molar-refractivity contribution in [2.45, 2.75) is 70.4 Å². The largest absolute Gasteiger partial charge is 0.349 e. The van der Waals surface area contributed by atoms with E-state index in [4.69, 9.17) is 10.3 Å². The fourth-order valence-electron chi connectivity index (χ4n) is 4.76. The molecule has 26 heavy (non-hydrogen) atoms. The molecule has 140 valence electrons. The summed E-state index contributed by atoms with van der Waals surface area (Å²) in [5, 5.41) is 8.26. The van der Waals surface area contributed by atoms with Crippen molar-refractivity contribution >= 4 is 17.0 Å². The lowest BCUT2D eigenvalue weighted by Crippen LogP contribution is -2.53. The van der Waals surface area contributed by atoms with E-state index in [-0.39, 0.29) is 23.4 Å². The third kappa shape index (κ3) is 3.11. The zero-order valence-electron chi connectivity index (χ0n) is 15.8. The summed E-state index contributed by atoms with van der Waals surface area (Å²) in [7, 11) is 0. The van der Waals surface area contributed by atoms with Gasteiger partial charge in [0.05, 0.1) is 16.6 Å². The number of aromatic nitrogens is 2. The average molecular weight is 356 g/mol. The van der Waals surface area contributed by atoms with Crippen LogP contribution in [0.25, 0.3) is 11.1 Å². The van der Waals surface area contributed by atoms with Gasteiger partial charge in [0.2, 0.25) is 0 Å². The Morgan fingerprint density at radius 3 is 2.62 bits per heavy atom. The fourth-order valence-corrected chi connectivity index (χ4v) is 4.76. The van der Waals surface area contributed by atoms with E-state index >= 15 is 0 Å². The number of carbonyl (C=O) groups is 1. The molecule has 2 unspecified atom stereocenters. The number of carbonyl (C=O) groups excluding carboxylic acids is 1. The number of hydrogen-bond acceptors (Lipinski definition) is 5. The highest BCUT2D eigenvalue weighted by Crippen LogP contribution is 2.39. The predicted octanol–water partition coefficient (Wildman–Crippen LogP) is 3.16. The van der Waals surface area contributed by atoms with E-state index in [1.165, 1.54) is 6.42 Å². The van der Waals surface area contributed by atoms with E-state index in [2.05, 4.69) is 36.2 Å². The molecule has 2 heterocycles. The minimum Gasteiger partial charge on any atom is -0.349 e. The SMILES string of the molecule is CC(C)(C)c1noc2ncc(C(=O)NC3C4CCCC3CC(N)C4)cc12. The first-order chi connectivity index (χ1) is 12.3. The zero-order valence-corrected chi connectivity index (χ0v) is 15.8. The number of nitrogens with zero attached hydrogens (tertiary/aromatic N) is 2. The Labute approximate surface area is 153 Å². The van der Waals surface area contributed by atoms with Crippen LogP contribution in [0.5, 0.6) is 0 Å². The van der Waals surface area contributed by atoms with Crippen LogP contribution in [0, 0.1) is 11.8 Å². The van der Waals surface area contributed by atoms with Crippen molar-refractivity contribution in [3.63, 3.8) is 0 Å². The van der Waals surface area contributed by atoms with Crippen LogP contribution in [0.2, 0.25) is 0 Å². The molecule has 6 heteroatoms. The Morgan fingerprint density at radius 1 is 1.27 bits per heavy atom. The first kappa shape index (κ1) is 17.5. The summed E-state index contributed by atoms with van der Waals surface area (Å²) in [4.78, 5) is 17.2. The lowest BCUT2D eigenvalue weighted by molar-refractivity contribution is 0.0756. The van der Waals surface area contributed by atoms with E-state index in [1.807, 2.05) is 6.07 Å². The number of nitrogens with two attached hydrogens (primary N) is 1. The summed E-state index contributed by atoms with van der Waals surface area (Å²) >= 11 is 0. The molecule has 0 saturated heterocycles. The molecule has 2 aromatic rings. The van der Waals surface area contributed by atoms with Crippen molar-refractivity contribution < 1.29 is 9.32 Å². The van der Waals surface area contributed by atoms with Crippen LogP contribution >= 0.6 is 0 Å². The molecule has 3 N–H and O–H groups in total. The Kier molecular flexibility index (Phi) is 4.26. The Hall–Kier alpha value is -1.95. The predicted molar refractivity (Wildman–Crippen MR) is 99.8 cm³/mol. The van der Waals surface area contributed by atoms with Gasteiger partial charge in [-0.3, -0.25) is 4.79 Å². The molecule has 0 aliphatic heterocycles. The zero-order chi connectivity index (χ0) is 18.5. The first-order valence-electron chi connectivity index (χ1n) is 9.65. The lowest BCUT2D eigenvalue weighted by Gasteiger charge is -2.45. The average Bonchev–Trinajstić information content (AvgIpc) is 2.99. The fraction of sp³-hybridized carbons (Fsp3) is 0.650. The quantitative estimate of drug-likeness (QED) is 0.862. The van der Waals surface area contributed by atoms with Gasteiger partial charge in [0.25, 0.3) is 11.6 Å². The van der Waals surface area contributed by atoms with Crippen LogP contribution in [-0.2, 0) is 5.41 Å². The van der Waals surface area contributed by atoms with Crippen LogP contribution in [0.15, 0.2) is 16.8 Å². The first-order valence-corrected chi connectivity index (χ1v) is 9.65. The number of fused-ring (bicyclic) bond motifs is 3. The molecule has 2 aromatic heterocycles. The van der Waals surface area contributed by atoms with Gasteiger partial charge in [-0.2, -0.15) is 0 Å². The molecule has 2 aliphatic rings. The van der Waals surface area contributed by atoms with E-state index < -0.39 is 0 Å². The third-order valence-electron chi connectivity index (χ3n) is 5.98. The Morgan fingerprint density at radius 2 is 1.96 bits per heavy atom. The van der Waals surface area contributed by atoms with Crippen LogP contribution in [0.1, 0.15) is 68.9 Å². The van der Waals surface area contributed by atoms with Gasteiger partial charge in [-0.1, -0.05) is 32.3 Å². The van der Waals surface area contributed by atoms with Gasteiger partial charge in [-0.25, -0.2) is 4.98 Å². The number of hydrogen-bond donors (Lipinski definition) is 2.